The Morgan fingerprint density at radius 2 is 1.56 bits per heavy atom. The summed E-state index contributed by atoms with van der Waals surface area (Å²) in [6.45, 7) is 1.89. The number of para-hydroxylation sites is 1. The van der Waals surface area contributed by atoms with Crippen molar-refractivity contribution in [3.8, 4) is 0 Å². The van der Waals surface area contributed by atoms with E-state index in [0.717, 1.165) is 24.9 Å². The predicted octanol–water partition coefficient (Wildman–Crippen LogP) is 5.66. The average Bonchev–Trinajstić information content (AvgIpc) is 3.19. The highest BCUT2D eigenvalue weighted by Crippen LogP contribution is 2.43. The van der Waals surface area contributed by atoms with Crippen LogP contribution < -0.4 is 0 Å². The second-order valence-corrected chi connectivity index (χ2v) is 9.21. The number of carbonyl (C=O) groups is 1. The molecular weight excluding hydrogens is 420 g/mol. The molecule has 1 amide bonds. The van der Waals surface area contributed by atoms with E-state index in [2.05, 4.69) is 76.2 Å². The van der Waals surface area contributed by atoms with Gasteiger partial charge >= 0.3 is 0 Å². The topological polar surface area (TPSA) is 34.5 Å². The van der Waals surface area contributed by atoms with Gasteiger partial charge in [-0.15, -0.1) is 0 Å². The van der Waals surface area contributed by atoms with E-state index in [1.165, 1.54) is 27.7 Å². The van der Waals surface area contributed by atoms with Crippen molar-refractivity contribution >= 4 is 16.8 Å². The van der Waals surface area contributed by atoms with E-state index in [1.807, 2.05) is 24.3 Å². The molecule has 0 radical (unpaired) electrons. The van der Waals surface area contributed by atoms with Crippen LogP contribution in [0.15, 0.2) is 97.1 Å². The molecule has 34 heavy (non-hydrogen) atoms. The van der Waals surface area contributed by atoms with Gasteiger partial charge in [0.25, 0.3) is 0 Å². The Morgan fingerprint density at radius 3 is 2.35 bits per heavy atom. The Balaban J connectivity index is 1.38. The van der Waals surface area contributed by atoms with Crippen molar-refractivity contribution in [1.29, 1.82) is 0 Å². The number of nitrogens with zero attached hydrogens (tertiary/aromatic N) is 2. The van der Waals surface area contributed by atoms with Gasteiger partial charge in [0.1, 0.15) is 0 Å². The van der Waals surface area contributed by atoms with Crippen LogP contribution in [0.25, 0.3) is 10.9 Å². The van der Waals surface area contributed by atoms with Gasteiger partial charge < -0.3 is 14.2 Å². The minimum atomic E-state index is 0.0228. The van der Waals surface area contributed by atoms with Crippen LogP contribution in [0, 0.1) is 0 Å². The van der Waals surface area contributed by atoms with Gasteiger partial charge in [-0.05, 0) is 41.7 Å². The molecule has 2 aliphatic rings. The van der Waals surface area contributed by atoms with Crippen molar-refractivity contribution in [2.24, 2.45) is 0 Å². The molecule has 0 aliphatic carbocycles. The molecule has 0 saturated carbocycles. The molecule has 4 nitrogen and oxygen atoms in total. The van der Waals surface area contributed by atoms with Crippen molar-refractivity contribution in [3.63, 3.8) is 0 Å². The fourth-order valence-corrected chi connectivity index (χ4v) is 5.62. The van der Waals surface area contributed by atoms with Gasteiger partial charge in [-0.1, -0.05) is 84.9 Å². The summed E-state index contributed by atoms with van der Waals surface area (Å²) in [5.74, 6) is 0.0896. The number of aromatic nitrogens is 1. The second kappa shape index (κ2) is 8.96. The minimum Gasteiger partial charge on any atom is -0.375 e. The summed E-state index contributed by atoms with van der Waals surface area (Å²) < 4.78 is 8.60. The molecule has 3 aromatic carbocycles. The predicted molar refractivity (Wildman–Crippen MR) is 134 cm³/mol. The molecule has 0 spiro atoms. The summed E-state index contributed by atoms with van der Waals surface area (Å²) in [7, 11) is 0. The maximum atomic E-state index is 13.1. The summed E-state index contributed by atoms with van der Waals surface area (Å²) in [6.07, 6.45) is 5.41. The Morgan fingerprint density at radius 1 is 0.853 bits per heavy atom. The number of ether oxygens (including phenoxy) is 1. The Hall–Kier alpha value is -3.63. The monoisotopic (exact) mass is 448 g/mol. The lowest BCUT2D eigenvalue weighted by atomic mass is 9.88. The molecule has 3 heterocycles. The quantitative estimate of drug-likeness (QED) is 0.381. The zero-order chi connectivity index (χ0) is 22.9. The van der Waals surface area contributed by atoms with E-state index in [4.69, 9.17) is 4.74 Å². The number of fused-ring (bicyclic) bond motifs is 5. The number of hydrogen-bond donors (Lipinski definition) is 0. The van der Waals surface area contributed by atoms with E-state index >= 15 is 0 Å². The highest BCUT2D eigenvalue weighted by molar-refractivity contribution is 5.91. The van der Waals surface area contributed by atoms with Gasteiger partial charge in [0, 0.05) is 23.1 Å². The van der Waals surface area contributed by atoms with Gasteiger partial charge in [0.05, 0.1) is 25.3 Å². The first-order chi connectivity index (χ1) is 16.8. The average molecular weight is 449 g/mol. The Kier molecular flexibility index (Phi) is 5.52. The molecule has 170 valence electrons. The molecule has 0 fully saturated rings. The maximum Gasteiger partial charge on any atom is 0.247 e. The number of amides is 1. The normalized spacial score (nSPS) is 19.3. The summed E-state index contributed by atoms with van der Waals surface area (Å²) in [6, 6.07) is 29.5. The fraction of sp³-hybridized carbons (Fsp3) is 0.233. The van der Waals surface area contributed by atoms with Gasteiger partial charge in [0.2, 0.25) is 5.91 Å². The molecule has 2 aliphatic heterocycles. The SMILES string of the molecule is O=C1C=CC[C@H]2c3c(c4ccccc4n3Cc3ccccc3)C[C@H](COCc3ccccc3)N12. The fourth-order valence-electron chi connectivity index (χ4n) is 5.62. The zero-order valence-electron chi connectivity index (χ0n) is 19.1. The van der Waals surface area contributed by atoms with Crippen molar-refractivity contribution in [3.05, 3.63) is 119 Å². The van der Waals surface area contributed by atoms with E-state index < -0.39 is 0 Å². The number of benzene rings is 3. The molecule has 0 N–H and O–H groups in total. The van der Waals surface area contributed by atoms with E-state index in [1.54, 1.807) is 6.08 Å². The van der Waals surface area contributed by atoms with E-state index in [-0.39, 0.29) is 18.0 Å². The minimum absolute atomic E-state index is 0.0228. The molecule has 4 aromatic rings. The third-order valence-electron chi connectivity index (χ3n) is 7.08. The molecule has 1 aromatic heterocycles. The summed E-state index contributed by atoms with van der Waals surface area (Å²) in [4.78, 5) is 15.2. The molecule has 0 bridgehead atoms. The highest BCUT2D eigenvalue weighted by atomic mass is 16.5. The Labute approximate surface area is 200 Å². The van der Waals surface area contributed by atoms with Crippen LogP contribution in [0.4, 0.5) is 0 Å². The lowest BCUT2D eigenvalue weighted by molar-refractivity contribution is -0.134. The third-order valence-corrected chi connectivity index (χ3v) is 7.08. The lowest BCUT2D eigenvalue weighted by Crippen LogP contribution is -2.50. The van der Waals surface area contributed by atoms with Crippen LogP contribution in [-0.2, 0) is 29.1 Å². The molecule has 2 atom stereocenters. The second-order valence-electron chi connectivity index (χ2n) is 9.21. The van der Waals surface area contributed by atoms with Gasteiger partial charge in [0.15, 0.2) is 0 Å². The first-order valence-corrected chi connectivity index (χ1v) is 12.0. The maximum absolute atomic E-state index is 13.1. The zero-order valence-corrected chi connectivity index (χ0v) is 19.1. The molecule has 6 rings (SSSR count). The van der Waals surface area contributed by atoms with Crippen LogP contribution in [0.5, 0.6) is 0 Å². The number of carbonyl (C=O) groups excluding carboxylic acids is 1. The summed E-state index contributed by atoms with van der Waals surface area (Å²) in [5.41, 5.74) is 6.30. The molecular formula is C30H28N2O2. The largest absolute Gasteiger partial charge is 0.375 e. The smallest absolute Gasteiger partial charge is 0.247 e. The lowest BCUT2D eigenvalue weighted by Gasteiger charge is -2.43. The van der Waals surface area contributed by atoms with Crippen molar-refractivity contribution < 1.29 is 9.53 Å². The van der Waals surface area contributed by atoms with Gasteiger partial charge in [-0.2, -0.15) is 0 Å². The van der Waals surface area contributed by atoms with Crippen LogP contribution in [0.1, 0.15) is 34.8 Å². The van der Waals surface area contributed by atoms with Crippen LogP contribution in [0.2, 0.25) is 0 Å². The van der Waals surface area contributed by atoms with Crippen molar-refractivity contribution in [2.45, 2.75) is 38.1 Å². The third kappa shape index (κ3) is 3.74. The first kappa shape index (κ1) is 20.9. The van der Waals surface area contributed by atoms with Gasteiger partial charge in [-0.25, -0.2) is 0 Å². The van der Waals surface area contributed by atoms with E-state index in [0.29, 0.717) is 13.2 Å². The standard InChI is InChI=1S/C30H28N2O2/c33-29-17-9-16-28-30-26(18-24(32(28)29)21-34-20-23-12-5-2-6-13-23)25-14-7-8-15-27(25)31(30)19-22-10-3-1-4-11-22/h1-15,17,24,28H,16,18-21H2/t24-,28+/m1/s1. The summed E-state index contributed by atoms with van der Waals surface area (Å²) in [5, 5.41) is 1.29. The first-order valence-electron chi connectivity index (χ1n) is 12.0. The van der Waals surface area contributed by atoms with Crippen molar-refractivity contribution in [1.82, 2.24) is 9.47 Å². The Bertz CT molecular complexity index is 1340. The summed E-state index contributed by atoms with van der Waals surface area (Å²) >= 11 is 0. The molecule has 4 heteroatoms. The van der Waals surface area contributed by atoms with Crippen molar-refractivity contribution in [2.75, 3.05) is 6.61 Å². The highest BCUT2D eigenvalue weighted by Gasteiger charge is 2.41. The number of hydrogen-bond acceptors (Lipinski definition) is 2. The molecule has 0 saturated heterocycles. The van der Waals surface area contributed by atoms with Crippen LogP contribution in [0.3, 0.4) is 0 Å². The van der Waals surface area contributed by atoms with Crippen LogP contribution >= 0.6 is 0 Å². The van der Waals surface area contributed by atoms with Gasteiger partial charge in [-0.3, -0.25) is 4.79 Å². The number of rotatable bonds is 6. The molecule has 0 unspecified atom stereocenters. The van der Waals surface area contributed by atoms with Crippen LogP contribution in [-0.4, -0.2) is 28.0 Å². The van der Waals surface area contributed by atoms with E-state index in [9.17, 15) is 4.79 Å².